The minimum Gasteiger partial charge on any atom is -0.354 e. The average Bonchev–Trinajstić information content (AvgIpc) is 1.94. The van der Waals surface area contributed by atoms with E-state index in [1.807, 2.05) is 0 Å². The molecule has 0 aromatic carbocycles. The van der Waals surface area contributed by atoms with Crippen LogP contribution in [0.15, 0.2) is 0 Å². The van der Waals surface area contributed by atoms with Crippen molar-refractivity contribution in [3.05, 3.63) is 0 Å². The van der Waals surface area contributed by atoms with Crippen molar-refractivity contribution in [1.29, 1.82) is 0 Å². The van der Waals surface area contributed by atoms with Crippen LogP contribution in [0, 0.1) is 5.41 Å². The van der Waals surface area contributed by atoms with Gasteiger partial charge in [-0.05, 0) is 11.8 Å². The second kappa shape index (κ2) is 6.00. The van der Waals surface area contributed by atoms with Gasteiger partial charge < -0.3 is 5.32 Å². The lowest BCUT2D eigenvalue weighted by Crippen LogP contribution is -2.35. The number of amides is 1. The van der Waals surface area contributed by atoms with Gasteiger partial charge in [-0.3, -0.25) is 4.79 Å². The van der Waals surface area contributed by atoms with Gasteiger partial charge in [0.05, 0.1) is 0 Å². The van der Waals surface area contributed by atoms with Crippen LogP contribution in [0.5, 0.6) is 0 Å². The number of carbonyl (C=O) groups is 1. The predicted octanol–water partition coefficient (Wildman–Crippen LogP) is 1.35. The molecular formula is C10H20BrNO3S. The van der Waals surface area contributed by atoms with E-state index in [9.17, 15) is 13.2 Å². The largest absolute Gasteiger partial charge is 0.354 e. The van der Waals surface area contributed by atoms with Crippen molar-refractivity contribution in [2.24, 2.45) is 5.41 Å². The molecule has 0 rings (SSSR count). The first-order valence-corrected chi connectivity index (χ1v) is 8.06. The summed E-state index contributed by atoms with van der Waals surface area (Å²) < 4.78 is 21.7. The highest BCUT2D eigenvalue weighted by Crippen LogP contribution is 2.24. The summed E-state index contributed by atoms with van der Waals surface area (Å²) in [5, 5.41) is 2.60. The molecule has 16 heavy (non-hydrogen) atoms. The molecule has 0 aliphatic rings. The summed E-state index contributed by atoms with van der Waals surface area (Å²) in [7, 11) is -3.23. The third-order valence-corrected chi connectivity index (χ3v) is 3.18. The molecule has 1 N–H and O–H groups in total. The Morgan fingerprint density at radius 1 is 1.38 bits per heavy atom. The van der Waals surface area contributed by atoms with Crippen LogP contribution in [0.2, 0.25) is 0 Å². The standard InChI is InChI=1S/C10H20BrNO3S/c1-10(2,3)5-8(11)6-12-9(13)7-16(4,14)15/h8H,5-7H2,1-4H3,(H,12,13). The summed E-state index contributed by atoms with van der Waals surface area (Å²) in [5.41, 5.74) is 0.176. The first kappa shape index (κ1) is 15.9. The number of nitrogens with one attached hydrogen (secondary N) is 1. The molecule has 1 atom stereocenters. The predicted molar refractivity (Wildman–Crippen MR) is 69.5 cm³/mol. The Hall–Kier alpha value is -0.100. The monoisotopic (exact) mass is 313 g/mol. The van der Waals surface area contributed by atoms with Gasteiger partial charge in [-0.15, -0.1) is 0 Å². The van der Waals surface area contributed by atoms with Crippen LogP contribution >= 0.6 is 15.9 Å². The van der Waals surface area contributed by atoms with Crippen molar-refractivity contribution in [2.45, 2.75) is 32.0 Å². The van der Waals surface area contributed by atoms with Gasteiger partial charge in [-0.2, -0.15) is 0 Å². The zero-order chi connectivity index (χ0) is 13.0. The second-order valence-electron chi connectivity index (χ2n) is 5.24. The zero-order valence-electron chi connectivity index (χ0n) is 10.2. The van der Waals surface area contributed by atoms with Gasteiger partial charge in [-0.25, -0.2) is 8.42 Å². The number of hydrogen-bond acceptors (Lipinski definition) is 3. The Kier molecular flexibility index (Phi) is 5.96. The van der Waals surface area contributed by atoms with Crippen molar-refractivity contribution in [3.63, 3.8) is 0 Å². The van der Waals surface area contributed by atoms with Crippen molar-refractivity contribution in [2.75, 3.05) is 18.6 Å². The molecule has 0 saturated heterocycles. The normalized spacial score (nSPS) is 14.6. The van der Waals surface area contributed by atoms with E-state index in [1.165, 1.54) is 0 Å². The highest BCUT2D eigenvalue weighted by Gasteiger charge is 2.17. The summed E-state index contributed by atoms with van der Waals surface area (Å²) in [6, 6.07) is 0. The van der Waals surface area contributed by atoms with Gasteiger partial charge in [0.1, 0.15) is 5.75 Å². The Bertz CT molecular complexity index is 332. The molecule has 0 saturated carbocycles. The molecule has 0 aromatic heterocycles. The quantitative estimate of drug-likeness (QED) is 0.779. The van der Waals surface area contributed by atoms with E-state index in [1.54, 1.807) is 0 Å². The van der Waals surface area contributed by atoms with Gasteiger partial charge in [-0.1, -0.05) is 36.7 Å². The molecule has 4 nitrogen and oxygen atoms in total. The third-order valence-electron chi connectivity index (χ3n) is 1.75. The maximum atomic E-state index is 11.2. The zero-order valence-corrected chi connectivity index (χ0v) is 12.6. The van der Waals surface area contributed by atoms with E-state index in [0.717, 1.165) is 12.7 Å². The lowest BCUT2D eigenvalue weighted by Gasteiger charge is -2.22. The first-order valence-electron chi connectivity index (χ1n) is 5.08. The summed E-state index contributed by atoms with van der Waals surface area (Å²) in [4.78, 5) is 11.4. The number of halogens is 1. The molecule has 96 valence electrons. The molecule has 0 fully saturated rings. The molecule has 0 spiro atoms. The van der Waals surface area contributed by atoms with Crippen LogP contribution in [0.1, 0.15) is 27.2 Å². The Labute approximate surface area is 106 Å². The van der Waals surface area contributed by atoms with Gasteiger partial charge in [0.25, 0.3) is 0 Å². The minimum atomic E-state index is -3.23. The van der Waals surface area contributed by atoms with Crippen LogP contribution in [0.25, 0.3) is 0 Å². The average molecular weight is 314 g/mol. The third kappa shape index (κ3) is 10.4. The molecule has 0 aromatic rings. The lowest BCUT2D eigenvalue weighted by molar-refractivity contribution is -0.118. The maximum absolute atomic E-state index is 11.2. The van der Waals surface area contributed by atoms with Crippen molar-refractivity contribution in [3.8, 4) is 0 Å². The minimum absolute atomic E-state index is 0.163. The van der Waals surface area contributed by atoms with Crippen molar-refractivity contribution < 1.29 is 13.2 Å². The van der Waals surface area contributed by atoms with E-state index >= 15 is 0 Å². The SMILES string of the molecule is CC(C)(C)CC(Br)CNC(=O)CS(C)(=O)=O. The Balaban J connectivity index is 3.94. The first-order chi connectivity index (χ1) is 6.99. The summed E-state index contributed by atoms with van der Waals surface area (Å²) in [6.07, 6.45) is 1.96. The van der Waals surface area contributed by atoms with Gasteiger partial charge >= 0.3 is 0 Å². The number of sulfone groups is 1. The second-order valence-corrected chi connectivity index (χ2v) is 8.67. The summed E-state index contributed by atoms with van der Waals surface area (Å²) in [6.45, 7) is 6.78. The molecule has 0 radical (unpaired) electrons. The lowest BCUT2D eigenvalue weighted by atomic mass is 9.90. The van der Waals surface area contributed by atoms with E-state index in [4.69, 9.17) is 0 Å². The van der Waals surface area contributed by atoms with E-state index in [-0.39, 0.29) is 10.2 Å². The molecular weight excluding hydrogens is 294 g/mol. The fraction of sp³-hybridized carbons (Fsp3) is 0.900. The van der Waals surface area contributed by atoms with Gasteiger partial charge in [0, 0.05) is 17.6 Å². The summed E-state index contributed by atoms with van der Waals surface area (Å²) in [5.74, 6) is -0.886. The van der Waals surface area contributed by atoms with Crippen LogP contribution in [0.3, 0.4) is 0 Å². The van der Waals surface area contributed by atoms with Crippen LogP contribution in [-0.2, 0) is 14.6 Å². The molecule has 1 amide bonds. The van der Waals surface area contributed by atoms with Crippen LogP contribution in [0.4, 0.5) is 0 Å². The summed E-state index contributed by atoms with van der Waals surface area (Å²) >= 11 is 3.46. The molecule has 0 aliphatic carbocycles. The fourth-order valence-corrected chi connectivity index (χ4v) is 2.96. The maximum Gasteiger partial charge on any atom is 0.235 e. The van der Waals surface area contributed by atoms with E-state index in [2.05, 4.69) is 42.0 Å². The highest BCUT2D eigenvalue weighted by molar-refractivity contribution is 9.09. The highest BCUT2D eigenvalue weighted by atomic mass is 79.9. The topological polar surface area (TPSA) is 63.2 Å². The van der Waals surface area contributed by atoms with Crippen LogP contribution < -0.4 is 5.32 Å². The fourth-order valence-electron chi connectivity index (χ4n) is 1.25. The Morgan fingerprint density at radius 2 is 1.88 bits per heavy atom. The molecule has 0 heterocycles. The van der Waals surface area contributed by atoms with Gasteiger partial charge in [0.2, 0.25) is 5.91 Å². The van der Waals surface area contributed by atoms with Crippen molar-refractivity contribution in [1.82, 2.24) is 5.32 Å². The molecule has 6 heteroatoms. The Morgan fingerprint density at radius 3 is 2.25 bits per heavy atom. The number of hydrogen-bond donors (Lipinski definition) is 1. The molecule has 1 unspecified atom stereocenters. The van der Waals surface area contributed by atoms with E-state index < -0.39 is 21.5 Å². The van der Waals surface area contributed by atoms with Crippen molar-refractivity contribution >= 4 is 31.7 Å². The van der Waals surface area contributed by atoms with E-state index in [0.29, 0.717) is 6.54 Å². The number of alkyl halides is 1. The smallest absolute Gasteiger partial charge is 0.235 e. The van der Waals surface area contributed by atoms with Gasteiger partial charge in [0.15, 0.2) is 9.84 Å². The molecule has 0 aliphatic heterocycles. The number of rotatable bonds is 5. The van der Waals surface area contributed by atoms with Crippen LogP contribution in [-0.4, -0.2) is 37.7 Å². The molecule has 0 bridgehead atoms. The number of carbonyl (C=O) groups excluding carboxylic acids is 1.